The molecule has 0 radical (unpaired) electrons. The van der Waals surface area contributed by atoms with Gasteiger partial charge < -0.3 is 9.73 Å². The monoisotopic (exact) mass is 407 g/mol. The summed E-state index contributed by atoms with van der Waals surface area (Å²) in [7, 11) is 0. The van der Waals surface area contributed by atoms with Gasteiger partial charge in [0.2, 0.25) is 0 Å². The average molecular weight is 408 g/mol. The van der Waals surface area contributed by atoms with E-state index in [0.29, 0.717) is 11.4 Å². The predicted molar refractivity (Wildman–Crippen MR) is 103 cm³/mol. The number of nitrogens with one attached hydrogen (secondary N) is 1. The molecule has 2 aromatic heterocycles. The molecular formula is C20H14BrN3O2. The highest BCUT2D eigenvalue weighted by atomic mass is 79.9. The molecule has 4 rings (SSSR count). The molecule has 1 N–H and O–H groups in total. The van der Waals surface area contributed by atoms with Gasteiger partial charge in [0.15, 0.2) is 5.76 Å². The van der Waals surface area contributed by atoms with E-state index in [2.05, 4.69) is 26.3 Å². The van der Waals surface area contributed by atoms with Gasteiger partial charge in [-0.25, -0.2) is 4.68 Å². The Morgan fingerprint density at radius 3 is 2.46 bits per heavy atom. The zero-order valence-electron chi connectivity index (χ0n) is 13.6. The van der Waals surface area contributed by atoms with Crippen LogP contribution in [0.25, 0.3) is 16.9 Å². The highest BCUT2D eigenvalue weighted by molar-refractivity contribution is 9.10. The summed E-state index contributed by atoms with van der Waals surface area (Å²) in [6, 6.07) is 20.8. The number of carbonyl (C=O) groups excluding carboxylic acids is 1. The van der Waals surface area contributed by atoms with Crippen LogP contribution in [-0.2, 0) is 0 Å². The van der Waals surface area contributed by atoms with E-state index in [1.807, 2.05) is 54.6 Å². The molecule has 128 valence electrons. The van der Waals surface area contributed by atoms with Gasteiger partial charge >= 0.3 is 0 Å². The van der Waals surface area contributed by atoms with Crippen molar-refractivity contribution in [3.63, 3.8) is 0 Å². The number of benzene rings is 2. The van der Waals surface area contributed by atoms with E-state index in [-0.39, 0.29) is 11.7 Å². The Bertz CT molecular complexity index is 1020. The van der Waals surface area contributed by atoms with Crippen molar-refractivity contribution in [1.82, 2.24) is 9.78 Å². The van der Waals surface area contributed by atoms with Crippen molar-refractivity contribution in [3.8, 4) is 16.9 Å². The van der Waals surface area contributed by atoms with Crippen molar-refractivity contribution in [1.29, 1.82) is 0 Å². The summed E-state index contributed by atoms with van der Waals surface area (Å²) in [5, 5.41) is 7.56. The van der Waals surface area contributed by atoms with E-state index in [1.54, 1.807) is 23.0 Å². The molecule has 0 atom stereocenters. The van der Waals surface area contributed by atoms with Crippen molar-refractivity contribution in [2.24, 2.45) is 0 Å². The van der Waals surface area contributed by atoms with Gasteiger partial charge in [0.1, 0.15) is 5.69 Å². The summed E-state index contributed by atoms with van der Waals surface area (Å²) in [4.78, 5) is 12.4. The molecule has 0 fully saturated rings. The molecule has 0 bridgehead atoms. The number of para-hydroxylation sites is 1. The molecule has 0 saturated carbocycles. The normalized spacial score (nSPS) is 10.7. The van der Waals surface area contributed by atoms with E-state index in [0.717, 1.165) is 15.7 Å². The second-order valence-electron chi connectivity index (χ2n) is 5.61. The maximum absolute atomic E-state index is 12.4. The summed E-state index contributed by atoms with van der Waals surface area (Å²) >= 11 is 3.44. The van der Waals surface area contributed by atoms with E-state index in [1.165, 1.54) is 6.26 Å². The molecule has 2 heterocycles. The zero-order valence-corrected chi connectivity index (χ0v) is 15.2. The summed E-state index contributed by atoms with van der Waals surface area (Å²) in [6.45, 7) is 0. The van der Waals surface area contributed by atoms with Gasteiger partial charge in [-0.05, 0) is 36.4 Å². The maximum Gasteiger partial charge on any atom is 0.291 e. The Balaban J connectivity index is 1.76. The number of rotatable bonds is 4. The Morgan fingerprint density at radius 1 is 1.00 bits per heavy atom. The smallest absolute Gasteiger partial charge is 0.291 e. The minimum atomic E-state index is -0.319. The van der Waals surface area contributed by atoms with Crippen LogP contribution in [0.4, 0.5) is 5.69 Å². The average Bonchev–Trinajstić information content (AvgIpc) is 3.33. The van der Waals surface area contributed by atoms with Gasteiger partial charge in [0.25, 0.3) is 5.91 Å². The first-order valence-electron chi connectivity index (χ1n) is 7.96. The predicted octanol–water partition coefficient (Wildman–Crippen LogP) is 5.15. The molecule has 4 aromatic rings. The van der Waals surface area contributed by atoms with Crippen LogP contribution < -0.4 is 5.32 Å². The molecule has 6 heteroatoms. The SMILES string of the molecule is O=C(Nc1cn(-c2ccccc2)nc1-c1ccc(Br)cc1)c1ccco1. The van der Waals surface area contributed by atoms with Crippen LogP contribution in [0.15, 0.2) is 88.1 Å². The van der Waals surface area contributed by atoms with Gasteiger partial charge in [-0.15, -0.1) is 0 Å². The molecule has 0 aliphatic heterocycles. The number of anilines is 1. The van der Waals surface area contributed by atoms with E-state index in [4.69, 9.17) is 4.42 Å². The molecule has 1 amide bonds. The fraction of sp³-hybridized carbons (Fsp3) is 0. The third kappa shape index (κ3) is 3.32. The Morgan fingerprint density at radius 2 is 1.77 bits per heavy atom. The van der Waals surface area contributed by atoms with Crippen molar-refractivity contribution in [3.05, 3.63) is 89.4 Å². The molecule has 0 aliphatic carbocycles. The Hall–Kier alpha value is -3.12. The Kier molecular flexibility index (Phi) is 4.41. The van der Waals surface area contributed by atoms with Crippen LogP contribution in [0.1, 0.15) is 10.6 Å². The first-order valence-corrected chi connectivity index (χ1v) is 8.76. The van der Waals surface area contributed by atoms with Gasteiger partial charge in [0, 0.05) is 10.0 Å². The molecule has 5 nitrogen and oxygen atoms in total. The van der Waals surface area contributed by atoms with Gasteiger partial charge in [-0.3, -0.25) is 4.79 Å². The van der Waals surface area contributed by atoms with Crippen molar-refractivity contribution >= 4 is 27.5 Å². The second-order valence-corrected chi connectivity index (χ2v) is 6.53. The largest absolute Gasteiger partial charge is 0.459 e. The first kappa shape index (κ1) is 16.4. The van der Waals surface area contributed by atoms with Crippen molar-refractivity contribution < 1.29 is 9.21 Å². The maximum atomic E-state index is 12.4. The van der Waals surface area contributed by atoms with Crippen LogP contribution in [0.3, 0.4) is 0 Å². The minimum Gasteiger partial charge on any atom is -0.459 e. The van der Waals surface area contributed by atoms with Crippen LogP contribution in [0.5, 0.6) is 0 Å². The lowest BCUT2D eigenvalue weighted by molar-refractivity contribution is 0.0996. The second kappa shape index (κ2) is 7.01. The molecular weight excluding hydrogens is 394 g/mol. The number of hydrogen-bond acceptors (Lipinski definition) is 3. The summed E-state index contributed by atoms with van der Waals surface area (Å²) in [6.07, 6.45) is 3.27. The fourth-order valence-corrected chi connectivity index (χ4v) is 2.86. The van der Waals surface area contributed by atoms with E-state index < -0.39 is 0 Å². The number of furan rings is 1. The number of nitrogens with zero attached hydrogens (tertiary/aromatic N) is 2. The number of aromatic nitrogens is 2. The number of amides is 1. The zero-order chi connectivity index (χ0) is 17.9. The highest BCUT2D eigenvalue weighted by Crippen LogP contribution is 2.29. The lowest BCUT2D eigenvalue weighted by Crippen LogP contribution is -2.11. The first-order chi connectivity index (χ1) is 12.7. The summed E-state index contributed by atoms with van der Waals surface area (Å²) < 4.78 is 7.90. The van der Waals surface area contributed by atoms with Crippen LogP contribution in [0, 0.1) is 0 Å². The minimum absolute atomic E-state index is 0.249. The molecule has 26 heavy (non-hydrogen) atoms. The van der Waals surface area contributed by atoms with Crippen molar-refractivity contribution in [2.45, 2.75) is 0 Å². The number of halogens is 1. The summed E-state index contributed by atoms with van der Waals surface area (Å²) in [5.74, 6) is -0.0693. The quantitative estimate of drug-likeness (QED) is 0.508. The van der Waals surface area contributed by atoms with Crippen LogP contribution in [0.2, 0.25) is 0 Å². The molecule has 0 saturated heterocycles. The molecule has 0 aliphatic rings. The van der Waals surface area contributed by atoms with Crippen molar-refractivity contribution in [2.75, 3.05) is 5.32 Å². The Labute approximate surface area is 158 Å². The summed E-state index contributed by atoms with van der Waals surface area (Å²) in [5.41, 5.74) is 3.10. The number of hydrogen-bond donors (Lipinski definition) is 1. The van der Waals surface area contributed by atoms with E-state index >= 15 is 0 Å². The lowest BCUT2D eigenvalue weighted by atomic mass is 10.1. The molecule has 0 unspecified atom stereocenters. The fourth-order valence-electron chi connectivity index (χ4n) is 2.59. The third-order valence-corrected chi connectivity index (χ3v) is 4.37. The number of carbonyl (C=O) groups is 1. The van der Waals surface area contributed by atoms with Crippen LogP contribution in [-0.4, -0.2) is 15.7 Å². The third-order valence-electron chi connectivity index (χ3n) is 3.85. The standard InChI is InChI=1S/C20H14BrN3O2/c21-15-10-8-14(9-11-15)19-17(22-20(25)18-7-4-12-26-18)13-24(23-19)16-5-2-1-3-6-16/h1-13H,(H,22,25). The van der Waals surface area contributed by atoms with Gasteiger partial charge in [0.05, 0.1) is 23.8 Å². The van der Waals surface area contributed by atoms with Gasteiger partial charge in [-0.1, -0.05) is 46.3 Å². The molecule has 0 spiro atoms. The lowest BCUT2D eigenvalue weighted by Gasteiger charge is -2.04. The van der Waals surface area contributed by atoms with E-state index in [9.17, 15) is 4.79 Å². The van der Waals surface area contributed by atoms with Gasteiger partial charge in [-0.2, -0.15) is 5.10 Å². The van der Waals surface area contributed by atoms with Crippen LogP contribution >= 0.6 is 15.9 Å². The highest BCUT2D eigenvalue weighted by Gasteiger charge is 2.17. The topological polar surface area (TPSA) is 60.1 Å². The molecule has 2 aromatic carbocycles.